The first-order chi connectivity index (χ1) is 8.60. The zero-order valence-electron chi connectivity index (χ0n) is 9.40. The summed E-state index contributed by atoms with van der Waals surface area (Å²) in [5.41, 5.74) is -0.858. The Labute approximate surface area is 116 Å². The van der Waals surface area contributed by atoms with Gasteiger partial charge in [0.2, 0.25) is 0 Å². The van der Waals surface area contributed by atoms with Crippen LogP contribution in [0.1, 0.15) is 6.04 Å². The van der Waals surface area contributed by atoms with E-state index in [0.717, 1.165) is 2.78 Å². The summed E-state index contributed by atoms with van der Waals surface area (Å²) in [6.45, 7) is -0.172. The Balaban J connectivity index is 2.41. The Bertz CT molecular complexity index is 540. The van der Waals surface area contributed by atoms with Crippen LogP contribution in [0.2, 0.25) is 0 Å². The zero-order chi connectivity index (χ0) is 13.3. The summed E-state index contributed by atoms with van der Waals surface area (Å²) in [4.78, 5) is 23.3. The van der Waals surface area contributed by atoms with Crippen molar-refractivity contribution in [3.05, 3.63) is 33.1 Å². The fourth-order valence-electron chi connectivity index (χ4n) is 2.15. The molecule has 0 unspecified atom stereocenters. The topological polar surface area (TPSA) is 93.7 Å². The molecule has 7 nitrogen and oxygen atoms in total. The van der Waals surface area contributed by atoms with Crippen molar-refractivity contribution in [2.45, 2.75) is 12.1 Å². The van der Waals surface area contributed by atoms with Crippen molar-refractivity contribution >= 4 is 22.9 Å². The highest BCUT2D eigenvalue weighted by molar-refractivity contribution is 14.1. The third-order valence-electron chi connectivity index (χ3n) is 3.16. The van der Waals surface area contributed by atoms with Gasteiger partial charge >= 0.3 is 5.69 Å². The average molecular weight is 368 g/mol. The number of hydrogen-bond donors (Lipinski definition) is 2. The molecule has 18 heavy (non-hydrogen) atoms. The van der Waals surface area contributed by atoms with E-state index in [-0.39, 0.29) is 31.8 Å². The molecule has 0 radical (unpaired) electrons. The Morgan fingerprint density at radius 3 is 2.72 bits per heavy atom. The van der Waals surface area contributed by atoms with Crippen LogP contribution in [-0.4, -0.2) is 43.5 Å². The minimum Gasteiger partial charge on any atom is -0.396 e. The lowest BCUT2D eigenvalue weighted by Gasteiger charge is -2.21. The van der Waals surface area contributed by atoms with Crippen LogP contribution in [0.5, 0.6) is 0 Å². The van der Waals surface area contributed by atoms with E-state index in [2.05, 4.69) is 0 Å². The number of halogens is 1. The third-order valence-corrected chi connectivity index (χ3v) is 4.05. The summed E-state index contributed by atoms with van der Waals surface area (Å²) in [7, 11) is 0. The number of nitrogens with zero attached hydrogens (tertiary/aromatic N) is 2. The van der Waals surface area contributed by atoms with Crippen LogP contribution in [0.4, 0.5) is 0 Å². The number of rotatable bonds is 3. The van der Waals surface area contributed by atoms with Gasteiger partial charge in [0.05, 0.1) is 54.8 Å². The molecule has 0 bridgehead atoms. The molecular weight excluding hydrogens is 355 g/mol. The molecule has 1 aromatic rings. The molecule has 0 aromatic carbocycles. The maximum absolute atomic E-state index is 12.0. The van der Waals surface area contributed by atoms with Gasteiger partial charge in [0.25, 0.3) is 5.56 Å². The minimum absolute atomic E-state index is 0.192. The van der Waals surface area contributed by atoms with Crippen molar-refractivity contribution in [2.24, 2.45) is 5.92 Å². The van der Waals surface area contributed by atoms with Gasteiger partial charge in [-0.2, -0.15) is 2.78 Å². The number of ether oxygens (including phenoxy) is 1. The van der Waals surface area contributed by atoms with Gasteiger partial charge in [0.15, 0.2) is 0 Å². The van der Waals surface area contributed by atoms with Crippen molar-refractivity contribution in [2.75, 3.05) is 19.8 Å². The molecule has 0 saturated carbocycles. The predicted octanol–water partition coefficient (Wildman–Crippen LogP) is -1.25. The van der Waals surface area contributed by atoms with E-state index in [9.17, 15) is 14.7 Å². The molecule has 1 aromatic heterocycles. The number of aromatic nitrogens is 2. The maximum atomic E-state index is 12.0. The van der Waals surface area contributed by atoms with Crippen LogP contribution >= 0.6 is 22.9 Å². The zero-order valence-corrected chi connectivity index (χ0v) is 11.6. The maximum Gasteiger partial charge on any atom is 0.340 e. The molecule has 0 aliphatic carbocycles. The quantitative estimate of drug-likeness (QED) is 0.651. The monoisotopic (exact) mass is 368 g/mol. The van der Waals surface area contributed by atoms with Crippen molar-refractivity contribution in [3.63, 3.8) is 0 Å². The minimum atomic E-state index is -0.485. The fourth-order valence-corrected chi connectivity index (χ4v) is 2.56. The highest BCUT2D eigenvalue weighted by Gasteiger charge is 2.38. The van der Waals surface area contributed by atoms with Crippen molar-refractivity contribution in [1.82, 2.24) is 7.35 Å². The molecule has 0 spiro atoms. The normalized spacial score (nSPS) is 27.6. The molecule has 0 amide bonds. The Hall–Kier alpha value is -0.710. The smallest absolute Gasteiger partial charge is 0.340 e. The predicted molar refractivity (Wildman–Crippen MR) is 70.8 cm³/mol. The van der Waals surface area contributed by atoms with Gasteiger partial charge < -0.3 is 14.9 Å². The first-order valence-corrected chi connectivity index (χ1v) is 6.40. The Morgan fingerprint density at radius 2 is 2.11 bits per heavy atom. The molecule has 2 N–H and O–H groups in total. The van der Waals surface area contributed by atoms with E-state index >= 15 is 0 Å². The van der Waals surface area contributed by atoms with E-state index in [1.165, 1.54) is 16.8 Å². The highest BCUT2D eigenvalue weighted by atomic mass is 127. The lowest BCUT2D eigenvalue weighted by Crippen LogP contribution is -2.39. The van der Waals surface area contributed by atoms with Gasteiger partial charge in [-0.1, -0.05) is 0 Å². The Morgan fingerprint density at radius 1 is 1.39 bits per heavy atom. The lowest BCUT2D eigenvalue weighted by atomic mass is 9.98. The van der Waals surface area contributed by atoms with Crippen molar-refractivity contribution in [3.8, 4) is 0 Å². The molecule has 2 heterocycles. The van der Waals surface area contributed by atoms with E-state index in [0.29, 0.717) is 0 Å². The van der Waals surface area contributed by atoms with E-state index in [4.69, 9.17) is 9.84 Å². The summed E-state index contributed by atoms with van der Waals surface area (Å²) in [5.74, 6) is -0.360. The standard InChI is InChI=1S/C10H13IN2O5/c11-13-9(16)1-2-12(10(13)17)7-5-18-8(4-15)6(7)3-14/h1-2,6-8,14-15H,3-5H2/t6-,7+,8+/m1/s1. The van der Waals surface area contributed by atoms with Crippen LogP contribution in [-0.2, 0) is 4.74 Å². The largest absolute Gasteiger partial charge is 0.396 e. The first kappa shape index (κ1) is 13.7. The van der Waals surface area contributed by atoms with Gasteiger partial charge in [0.1, 0.15) is 0 Å². The number of aliphatic hydroxyl groups excluding tert-OH is 2. The molecule has 1 aliphatic rings. The second kappa shape index (κ2) is 5.51. The van der Waals surface area contributed by atoms with Crippen LogP contribution in [0.25, 0.3) is 0 Å². The van der Waals surface area contributed by atoms with E-state index < -0.39 is 17.4 Å². The van der Waals surface area contributed by atoms with E-state index in [1.54, 1.807) is 22.9 Å². The summed E-state index contributed by atoms with van der Waals surface area (Å²) in [6.07, 6.45) is 0.914. The molecule has 1 saturated heterocycles. The molecule has 8 heteroatoms. The van der Waals surface area contributed by atoms with Crippen LogP contribution in [0.3, 0.4) is 0 Å². The van der Waals surface area contributed by atoms with Crippen molar-refractivity contribution in [1.29, 1.82) is 0 Å². The van der Waals surface area contributed by atoms with E-state index in [1.807, 2.05) is 0 Å². The summed E-state index contributed by atoms with van der Waals surface area (Å²) in [6, 6.07) is 0.912. The summed E-state index contributed by atoms with van der Waals surface area (Å²) < 4.78 is 7.67. The summed E-state index contributed by atoms with van der Waals surface area (Å²) in [5, 5.41) is 18.5. The highest BCUT2D eigenvalue weighted by Crippen LogP contribution is 2.29. The molecule has 3 atom stereocenters. The van der Waals surface area contributed by atoms with Crippen LogP contribution in [0.15, 0.2) is 21.9 Å². The lowest BCUT2D eigenvalue weighted by molar-refractivity contribution is 0.0268. The molecular formula is C10H13IN2O5. The second-order valence-corrected chi connectivity index (χ2v) is 5.06. The third kappa shape index (κ3) is 2.25. The van der Waals surface area contributed by atoms with Gasteiger partial charge in [-0.3, -0.25) is 9.36 Å². The Kier molecular flexibility index (Phi) is 4.20. The number of aliphatic hydroxyl groups is 2. The molecule has 1 aliphatic heterocycles. The SMILES string of the molecule is O=c1ccn([C@H]2CO[C@@H](CO)[C@@H]2CO)c(=O)n1I. The molecule has 2 rings (SSSR count). The summed E-state index contributed by atoms with van der Waals surface area (Å²) >= 11 is 1.63. The van der Waals surface area contributed by atoms with Crippen LogP contribution in [0, 0.1) is 5.92 Å². The van der Waals surface area contributed by atoms with Crippen molar-refractivity contribution < 1.29 is 14.9 Å². The second-order valence-electron chi connectivity index (χ2n) is 4.09. The van der Waals surface area contributed by atoms with Gasteiger partial charge in [-0.25, -0.2) is 4.79 Å². The van der Waals surface area contributed by atoms with Gasteiger partial charge in [-0.05, 0) is 0 Å². The van der Waals surface area contributed by atoms with Gasteiger partial charge in [-0.15, -0.1) is 0 Å². The molecule has 1 fully saturated rings. The fraction of sp³-hybridized carbons (Fsp3) is 0.600. The van der Waals surface area contributed by atoms with Crippen LogP contribution < -0.4 is 11.2 Å². The average Bonchev–Trinajstić information content (AvgIpc) is 2.78. The number of hydrogen-bond acceptors (Lipinski definition) is 5. The first-order valence-electron chi connectivity index (χ1n) is 5.43. The molecule has 100 valence electrons. The van der Waals surface area contributed by atoms with Gasteiger partial charge in [0, 0.05) is 18.2 Å².